The minimum atomic E-state index is -0.292. The van der Waals surface area contributed by atoms with Crippen molar-refractivity contribution in [2.24, 2.45) is 0 Å². The van der Waals surface area contributed by atoms with Crippen molar-refractivity contribution in [2.45, 2.75) is 84.0 Å². The van der Waals surface area contributed by atoms with E-state index in [9.17, 15) is 5.26 Å². The first-order valence-corrected chi connectivity index (χ1v) is 7.42. The zero-order valence-electron chi connectivity index (χ0n) is 12.7. The first-order valence-electron chi connectivity index (χ1n) is 7.42. The number of hydrogen-bond donors (Lipinski definition) is 1. The van der Waals surface area contributed by atoms with Gasteiger partial charge in [0, 0.05) is 18.1 Å². The van der Waals surface area contributed by atoms with Crippen LogP contribution in [0.5, 0.6) is 0 Å². The molecule has 3 heteroatoms. The smallest absolute Gasteiger partial charge is 0.108 e. The van der Waals surface area contributed by atoms with Gasteiger partial charge in [-0.05, 0) is 53.0 Å². The summed E-state index contributed by atoms with van der Waals surface area (Å²) < 4.78 is 0. The monoisotopic (exact) mass is 251 g/mol. The molecule has 18 heavy (non-hydrogen) atoms. The van der Waals surface area contributed by atoms with Crippen molar-refractivity contribution in [1.82, 2.24) is 10.2 Å². The molecule has 0 saturated heterocycles. The molecule has 0 aromatic heterocycles. The molecular formula is C15H29N3. The van der Waals surface area contributed by atoms with Crippen molar-refractivity contribution in [2.75, 3.05) is 6.54 Å². The third-order valence-corrected chi connectivity index (χ3v) is 4.26. The predicted octanol–water partition coefficient (Wildman–Crippen LogP) is 2.92. The standard InChI is InChI=1S/C15H29N3/c1-6-13(5)18(7-2)14-8-9-15(10-14,11-16)17-12(3)4/h12-14,17H,6-10H2,1-5H3. The van der Waals surface area contributed by atoms with Crippen LogP contribution in [0.25, 0.3) is 0 Å². The average Bonchev–Trinajstić information content (AvgIpc) is 2.73. The number of nitrogens with one attached hydrogen (secondary N) is 1. The van der Waals surface area contributed by atoms with Gasteiger partial charge >= 0.3 is 0 Å². The summed E-state index contributed by atoms with van der Waals surface area (Å²) in [6.45, 7) is 12.1. The summed E-state index contributed by atoms with van der Waals surface area (Å²) in [4.78, 5) is 2.57. The normalized spacial score (nSPS) is 29.8. The van der Waals surface area contributed by atoms with E-state index in [2.05, 4.69) is 50.9 Å². The maximum atomic E-state index is 9.50. The fourth-order valence-electron chi connectivity index (χ4n) is 3.28. The Morgan fingerprint density at radius 1 is 1.39 bits per heavy atom. The summed E-state index contributed by atoms with van der Waals surface area (Å²) in [6, 6.07) is 4.10. The lowest BCUT2D eigenvalue weighted by Crippen LogP contribution is -2.48. The quantitative estimate of drug-likeness (QED) is 0.789. The van der Waals surface area contributed by atoms with E-state index < -0.39 is 0 Å². The summed E-state index contributed by atoms with van der Waals surface area (Å²) in [7, 11) is 0. The third kappa shape index (κ3) is 3.46. The highest BCUT2D eigenvalue weighted by atomic mass is 15.2. The highest BCUT2D eigenvalue weighted by Gasteiger charge is 2.42. The topological polar surface area (TPSA) is 39.1 Å². The molecular weight excluding hydrogens is 222 g/mol. The van der Waals surface area contributed by atoms with Crippen molar-refractivity contribution in [3.63, 3.8) is 0 Å². The average molecular weight is 251 g/mol. The van der Waals surface area contributed by atoms with E-state index in [1.165, 1.54) is 6.42 Å². The lowest BCUT2D eigenvalue weighted by molar-refractivity contribution is 0.145. The van der Waals surface area contributed by atoms with Crippen LogP contribution in [0.15, 0.2) is 0 Å². The van der Waals surface area contributed by atoms with Gasteiger partial charge in [-0.1, -0.05) is 13.8 Å². The molecule has 0 spiro atoms. The van der Waals surface area contributed by atoms with Crippen molar-refractivity contribution >= 4 is 0 Å². The Kier molecular flexibility index (Phi) is 5.62. The molecule has 3 nitrogen and oxygen atoms in total. The molecule has 0 amide bonds. The maximum Gasteiger partial charge on any atom is 0.108 e. The van der Waals surface area contributed by atoms with Crippen LogP contribution in [0.1, 0.15) is 60.3 Å². The first-order chi connectivity index (χ1) is 8.48. The van der Waals surface area contributed by atoms with Crippen LogP contribution < -0.4 is 5.32 Å². The molecule has 1 saturated carbocycles. The molecule has 0 bridgehead atoms. The molecule has 0 heterocycles. The molecule has 1 aliphatic rings. The van der Waals surface area contributed by atoms with E-state index in [0.717, 1.165) is 25.8 Å². The van der Waals surface area contributed by atoms with Gasteiger partial charge < -0.3 is 0 Å². The molecule has 1 rings (SSSR count). The number of nitrogens with zero attached hydrogens (tertiary/aromatic N) is 2. The molecule has 0 radical (unpaired) electrons. The van der Waals surface area contributed by atoms with E-state index >= 15 is 0 Å². The summed E-state index contributed by atoms with van der Waals surface area (Å²) in [5, 5.41) is 13.0. The second-order valence-electron chi connectivity index (χ2n) is 5.98. The van der Waals surface area contributed by atoms with Gasteiger partial charge in [0.15, 0.2) is 0 Å². The Bertz CT molecular complexity index is 295. The van der Waals surface area contributed by atoms with Gasteiger partial charge in [-0.25, -0.2) is 0 Å². The molecule has 3 atom stereocenters. The molecule has 1 N–H and O–H groups in total. The van der Waals surface area contributed by atoms with Crippen LogP contribution in [-0.2, 0) is 0 Å². The molecule has 1 fully saturated rings. The highest BCUT2D eigenvalue weighted by Crippen LogP contribution is 2.34. The molecule has 0 aliphatic heterocycles. The van der Waals surface area contributed by atoms with E-state index in [4.69, 9.17) is 0 Å². The minimum absolute atomic E-state index is 0.292. The SMILES string of the molecule is CCC(C)N(CC)C1CCC(C#N)(NC(C)C)C1. The van der Waals surface area contributed by atoms with Crippen LogP contribution in [0.3, 0.4) is 0 Å². The van der Waals surface area contributed by atoms with Crippen molar-refractivity contribution in [1.29, 1.82) is 5.26 Å². The minimum Gasteiger partial charge on any atom is -0.298 e. The van der Waals surface area contributed by atoms with E-state index in [1.807, 2.05) is 0 Å². The molecule has 0 aromatic rings. The Morgan fingerprint density at radius 3 is 2.50 bits per heavy atom. The van der Waals surface area contributed by atoms with Gasteiger partial charge in [0.25, 0.3) is 0 Å². The summed E-state index contributed by atoms with van der Waals surface area (Å²) in [5.74, 6) is 0. The van der Waals surface area contributed by atoms with Crippen LogP contribution in [-0.4, -0.2) is 35.1 Å². The first kappa shape index (κ1) is 15.5. The molecule has 1 aliphatic carbocycles. The fourth-order valence-corrected chi connectivity index (χ4v) is 3.28. The van der Waals surface area contributed by atoms with E-state index in [1.54, 1.807) is 0 Å². The van der Waals surface area contributed by atoms with Crippen molar-refractivity contribution in [3.8, 4) is 6.07 Å². The summed E-state index contributed by atoms with van der Waals surface area (Å²) in [6.07, 6.45) is 4.28. The fraction of sp³-hybridized carbons (Fsp3) is 0.933. The van der Waals surface area contributed by atoms with Crippen LogP contribution >= 0.6 is 0 Å². The van der Waals surface area contributed by atoms with Crippen molar-refractivity contribution in [3.05, 3.63) is 0 Å². The molecule has 0 aromatic carbocycles. The largest absolute Gasteiger partial charge is 0.298 e. The predicted molar refractivity (Wildman–Crippen MR) is 76.4 cm³/mol. The van der Waals surface area contributed by atoms with Gasteiger partial charge in [-0.2, -0.15) is 5.26 Å². The van der Waals surface area contributed by atoms with Gasteiger partial charge in [0.1, 0.15) is 5.54 Å². The Balaban J connectivity index is 2.71. The van der Waals surface area contributed by atoms with E-state index in [-0.39, 0.29) is 5.54 Å². The van der Waals surface area contributed by atoms with Crippen LogP contribution in [0, 0.1) is 11.3 Å². The lowest BCUT2D eigenvalue weighted by Gasteiger charge is -2.34. The zero-order valence-corrected chi connectivity index (χ0v) is 12.7. The Hall–Kier alpha value is -0.590. The summed E-state index contributed by atoms with van der Waals surface area (Å²) >= 11 is 0. The maximum absolute atomic E-state index is 9.50. The van der Waals surface area contributed by atoms with E-state index in [0.29, 0.717) is 18.1 Å². The molecule has 3 unspecified atom stereocenters. The van der Waals surface area contributed by atoms with Crippen molar-refractivity contribution < 1.29 is 0 Å². The molecule has 104 valence electrons. The Labute approximate surface area is 113 Å². The van der Waals surface area contributed by atoms with Gasteiger partial charge in [0.05, 0.1) is 6.07 Å². The second kappa shape index (κ2) is 6.54. The summed E-state index contributed by atoms with van der Waals surface area (Å²) in [5.41, 5.74) is -0.292. The zero-order chi connectivity index (χ0) is 13.8. The number of rotatable bonds is 6. The second-order valence-corrected chi connectivity index (χ2v) is 5.98. The third-order valence-electron chi connectivity index (χ3n) is 4.26. The lowest BCUT2D eigenvalue weighted by atomic mass is 9.97. The van der Waals surface area contributed by atoms with Crippen LogP contribution in [0.4, 0.5) is 0 Å². The highest BCUT2D eigenvalue weighted by molar-refractivity contribution is 5.14. The van der Waals surface area contributed by atoms with Gasteiger partial charge in [0.2, 0.25) is 0 Å². The van der Waals surface area contributed by atoms with Gasteiger partial charge in [-0.15, -0.1) is 0 Å². The van der Waals surface area contributed by atoms with Gasteiger partial charge in [-0.3, -0.25) is 10.2 Å². The van der Waals surface area contributed by atoms with Crippen LogP contribution in [0.2, 0.25) is 0 Å². The Morgan fingerprint density at radius 2 is 2.06 bits per heavy atom. The number of hydrogen-bond acceptors (Lipinski definition) is 3. The number of nitriles is 1.